The van der Waals surface area contributed by atoms with Crippen LogP contribution in [-0.4, -0.2) is 11.5 Å². The molecule has 0 bridgehead atoms. The molecule has 0 spiro atoms. The van der Waals surface area contributed by atoms with Crippen molar-refractivity contribution in [2.24, 2.45) is 5.73 Å². The molecule has 6 heteroatoms. The van der Waals surface area contributed by atoms with Gasteiger partial charge in [-0.15, -0.1) is 0 Å². The lowest BCUT2D eigenvalue weighted by Gasteiger charge is -2.16. The van der Waals surface area contributed by atoms with Crippen molar-refractivity contribution in [3.8, 4) is 0 Å². The van der Waals surface area contributed by atoms with Crippen molar-refractivity contribution < 1.29 is 17.6 Å². The van der Waals surface area contributed by atoms with Gasteiger partial charge in [-0.25, -0.2) is 4.39 Å². The summed E-state index contributed by atoms with van der Waals surface area (Å²) >= 11 is 0. The van der Waals surface area contributed by atoms with Crippen LogP contribution in [0.2, 0.25) is 0 Å². The number of benzene rings is 1. The van der Waals surface area contributed by atoms with Crippen LogP contribution in [0.1, 0.15) is 22.7 Å². The van der Waals surface area contributed by atoms with E-state index in [-0.39, 0.29) is 6.54 Å². The van der Waals surface area contributed by atoms with E-state index in [0.717, 1.165) is 12.3 Å². The Labute approximate surface area is 113 Å². The topological polar surface area (TPSA) is 38.9 Å². The monoisotopic (exact) mass is 284 g/mol. The van der Waals surface area contributed by atoms with Crippen LogP contribution in [0.25, 0.3) is 0 Å². The number of hydrogen-bond donors (Lipinski definition) is 1. The minimum Gasteiger partial charge on any atom is -0.330 e. The molecule has 0 fully saturated rings. The first-order chi connectivity index (χ1) is 9.43. The van der Waals surface area contributed by atoms with Gasteiger partial charge in [0.2, 0.25) is 0 Å². The Hall–Kier alpha value is -1.95. The Morgan fingerprint density at radius 2 is 1.80 bits per heavy atom. The van der Waals surface area contributed by atoms with Crippen molar-refractivity contribution in [3.63, 3.8) is 0 Å². The molecule has 0 amide bonds. The highest BCUT2D eigenvalue weighted by atomic mass is 19.4. The summed E-state index contributed by atoms with van der Waals surface area (Å²) in [6.07, 6.45) is -3.40. The van der Waals surface area contributed by atoms with Gasteiger partial charge in [0.25, 0.3) is 0 Å². The van der Waals surface area contributed by atoms with E-state index in [4.69, 9.17) is 5.73 Å². The molecule has 0 saturated carbocycles. The maximum Gasteiger partial charge on any atom is 0.433 e. The zero-order chi connectivity index (χ0) is 14.8. The first kappa shape index (κ1) is 14.5. The van der Waals surface area contributed by atoms with Crippen LogP contribution in [0, 0.1) is 5.82 Å². The number of nitrogens with two attached hydrogens (primary N) is 1. The van der Waals surface area contributed by atoms with Gasteiger partial charge in [0.15, 0.2) is 0 Å². The number of nitrogens with zero attached hydrogens (tertiary/aromatic N) is 1. The smallest absolute Gasteiger partial charge is 0.330 e. The average Bonchev–Trinajstić information content (AvgIpc) is 2.41. The molecule has 1 unspecified atom stereocenters. The SMILES string of the molecule is NCC(c1ccc(C(F)(F)F)nc1)c1ccccc1F. The van der Waals surface area contributed by atoms with Crippen LogP contribution >= 0.6 is 0 Å². The number of pyridine rings is 1. The molecule has 106 valence electrons. The molecule has 2 nitrogen and oxygen atoms in total. The van der Waals surface area contributed by atoms with Crippen molar-refractivity contribution in [1.82, 2.24) is 4.98 Å². The summed E-state index contributed by atoms with van der Waals surface area (Å²) in [6.45, 7) is 0.0774. The van der Waals surface area contributed by atoms with Crippen molar-refractivity contribution in [2.45, 2.75) is 12.1 Å². The molecule has 0 saturated heterocycles. The van der Waals surface area contributed by atoms with Gasteiger partial charge in [0.05, 0.1) is 0 Å². The van der Waals surface area contributed by atoms with Crippen LogP contribution in [0.4, 0.5) is 17.6 Å². The predicted molar refractivity (Wildman–Crippen MR) is 66.5 cm³/mol. The third kappa shape index (κ3) is 2.96. The molecular formula is C14H12F4N2. The molecule has 0 aliphatic carbocycles. The molecule has 0 radical (unpaired) electrons. The highest BCUT2D eigenvalue weighted by molar-refractivity contribution is 5.33. The number of alkyl halides is 3. The van der Waals surface area contributed by atoms with Gasteiger partial charge < -0.3 is 5.73 Å². The molecule has 2 N–H and O–H groups in total. The van der Waals surface area contributed by atoms with Gasteiger partial charge in [0.1, 0.15) is 11.5 Å². The van der Waals surface area contributed by atoms with Gasteiger partial charge in [-0.2, -0.15) is 13.2 Å². The van der Waals surface area contributed by atoms with Gasteiger partial charge in [0, 0.05) is 18.7 Å². The van der Waals surface area contributed by atoms with E-state index in [2.05, 4.69) is 4.98 Å². The van der Waals surface area contributed by atoms with Crippen molar-refractivity contribution >= 4 is 0 Å². The van der Waals surface area contributed by atoms with Crippen LogP contribution in [0.5, 0.6) is 0 Å². The maximum absolute atomic E-state index is 13.7. The van der Waals surface area contributed by atoms with E-state index in [1.165, 1.54) is 18.2 Å². The fourth-order valence-corrected chi connectivity index (χ4v) is 1.98. The van der Waals surface area contributed by atoms with Gasteiger partial charge in [-0.05, 0) is 23.3 Å². The summed E-state index contributed by atoms with van der Waals surface area (Å²) in [4.78, 5) is 3.37. The lowest BCUT2D eigenvalue weighted by Crippen LogP contribution is -2.16. The van der Waals surface area contributed by atoms with Crippen molar-refractivity contribution in [2.75, 3.05) is 6.54 Å². The average molecular weight is 284 g/mol. The molecule has 20 heavy (non-hydrogen) atoms. The molecular weight excluding hydrogens is 272 g/mol. The molecule has 1 aromatic heterocycles. The second-order valence-corrected chi connectivity index (χ2v) is 4.28. The normalized spacial score (nSPS) is 13.2. The summed E-state index contributed by atoms with van der Waals surface area (Å²) in [5.41, 5.74) is 5.43. The summed E-state index contributed by atoms with van der Waals surface area (Å²) in [7, 11) is 0. The first-order valence-corrected chi connectivity index (χ1v) is 5.91. The van der Waals surface area contributed by atoms with Crippen LogP contribution in [0.3, 0.4) is 0 Å². The summed E-state index contributed by atoms with van der Waals surface area (Å²) in [5.74, 6) is -0.964. The maximum atomic E-state index is 13.7. The zero-order valence-corrected chi connectivity index (χ0v) is 10.4. The number of rotatable bonds is 3. The Morgan fingerprint density at radius 1 is 1.10 bits per heavy atom. The molecule has 1 heterocycles. The van der Waals surface area contributed by atoms with E-state index in [0.29, 0.717) is 11.1 Å². The van der Waals surface area contributed by atoms with Gasteiger partial charge in [-0.1, -0.05) is 24.3 Å². The van der Waals surface area contributed by atoms with Crippen molar-refractivity contribution in [3.05, 3.63) is 65.2 Å². The third-order valence-electron chi connectivity index (χ3n) is 3.00. The van der Waals surface area contributed by atoms with Crippen LogP contribution < -0.4 is 5.73 Å². The highest BCUT2D eigenvalue weighted by Crippen LogP contribution is 2.30. The largest absolute Gasteiger partial charge is 0.433 e. The minimum absolute atomic E-state index is 0.0774. The molecule has 2 rings (SSSR count). The Morgan fingerprint density at radius 3 is 2.30 bits per heavy atom. The van der Waals surface area contributed by atoms with E-state index in [1.807, 2.05) is 0 Å². The fourth-order valence-electron chi connectivity index (χ4n) is 1.98. The highest BCUT2D eigenvalue weighted by Gasteiger charge is 2.32. The van der Waals surface area contributed by atoms with Crippen molar-refractivity contribution in [1.29, 1.82) is 0 Å². The lowest BCUT2D eigenvalue weighted by atomic mass is 9.92. The molecule has 0 aliphatic heterocycles. The lowest BCUT2D eigenvalue weighted by molar-refractivity contribution is -0.141. The third-order valence-corrected chi connectivity index (χ3v) is 3.00. The fraction of sp³-hybridized carbons (Fsp3) is 0.214. The summed E-state index contributed by atoms with van der Waals surface area (Å²) < 4.78 is 51.1. The summed E-state index contributed by atoms with van der Waals surface area (Å²) in [5, 5.41) is 0. The van der Waals surface area contributed by atoms with E-state index < -0.39 is 23.6 Å². The minimum atomic E-state index is -4.49. The number of halogens is 4. The first-order valence-electron chi connectivity index (χ1n) is 5.91. The second-order valence-electron chi connectivity index (χ2n) is 4.28. The van der Waals surface area contributed by atoms with Crippen LogP contribution in [0.15, 0.2) is 42.6 Å². The molecule has 1 atom stereocenters. The van der Waals surface area contributed by atoms with E-state index in [1.54, 1.807) is 12.1 Å². The Balaban J connectivity index is 2.36. The Kier molecular flexibility index (Phi) is 4.04. The second kappa shape index (κ2) is 5.58. The van der Waals surface area contributed by atoms with E-state index in [9.17, 15) is 17.6 Å². The Bertz CT molecular complexity index is 578. The molecule has 0 aliphatic rings. The number of hydrogen-bond acceptors (Lipinski definition) is 2. The predicted octanol–water partition coefficient (Wildman–Crippen LogP) is 3.33. The van der Waals surface area contributed by atoms with Gasteiger partial charge in [-0.3, -0.25) is 4.98 Å². The molecule has 1 aromatic carbocycles. The van der Waals surface area contributed by atoms with E-state index >= 15 is 0 Å². The standard InChI is InChI=1S/C14H12F4N2/c15-12-4-2-1-3-10(12)11(7-19)9-5-6-13(20-8-9)14(16,17)18/h1-6,8,11H,7,19H2. The zero-order valence-electron chi connectivity index (χ0n) is 10.4. The summed E-state index contributed by atoms with van der Waals surface area (Å²) in [6, 6.07) is 8.19. The van der Waals surface area contributed by atoms with Gasteiger partial charge >= 0.3 is 6.18 Å². The van der Waals surface area contributed by atoms with Crippen LogP contribution in [-0.2, 0) is 6.18 Å². The number of aromatic nitrogens is 1. The molecule has 2 aromatic rings. The quantitative estimate of drug-likeness (QED) is 0.878.